The number of rotatable bonds is 11. The summed E-state index contributed by atoms with van der Waals surface area (Å²) in [5, 5.41) is 6.80. The number of hydrogen-bond donors (Lipinski definition) is 2. The Morgan fingerprint density at radius 3 is 2.44 bits per heavy atom. The zero-order valence-electron chi connectivity index (χ0n) is 16.2. The first-order valence-corrected chi connectivity index (χ1v) is 10.2. The minimum absolute atomic E-state index is 0. The highest BCUT2D eigenvalue weighted by Gasteiger charge is 2.12. The molecule has 2 N–H and O–H groups in total. The monoisotopic (exact) mass is 482 g/mol. The summed E-state index contributed by atoms with van der Waals surface area (Å²) in [5.74, 6) is 2.96. The van der Waals surface area contributed by atoms with Gasteiger partial charge >= 0.3 is 0 Å². The van der Waals surface area contributed by atoms with E-state index < -0.39 is 0 Å². The van der Waals surface area contributed by atoms with Gasteiger partial charge in [-0.05, 0) is 46.1 Å². The van der Waals surface area contributed by atoms with E-state index in [0.717, 1.165) is 50.1 Å². The van der Waals surface area contributed by atoms with Crippen LogP contribution in [0.3, 0.4) is 0 Å². The highest BCUT2D eigenvalue weighted by atomic mass is 127. The average Bonchev–Trinajstić information content (AvgIpc) is 3.03. The van der Waals surface area contributed by atoms with E-state index in [1.54, 1.807) is 6.26 Å². The Bertz CT molecular complexity index is 444. The van der Waals surface area contributed by atoms with Crippen LogP contribution in [-0.4, -0.2) is 61.1 Å². The molecule has 146 valence electrons. The summed E-state index contributed by atoms with van der Waals surface area (Å²) in [4.78, 5) is 7.20. The molecule has 0 aromatic carbocycles. The molecule has 0 spiro atoms. The van der Waals surface area contributed by atoms with Gasteiger partial charge < -0.3 is 15.1 Å². The van der Waals surface area contributed by atoms with Crippen LogP contribution in [-0.2, 0) is 6.42 Å². The maximum atomic E-state index is 5.37. The van der Waals surface area contributed by atoms with Gasteiger partial charge in [-0.25, -0.2) is 0 Å². The van der Waals surface area contributed by atoms with Gasteiger partial charge in [-0.15, -0.1) is 24.0 Å². The van der Waals surface area contributed by atoms with Gasteiger partial charge in [-0.3, -0.25) is 9.89 Å². The molecule has 0 aliphatic rings. The number of nitrogens with zero attached hydrogens (tertiary/aromatic N) is 2. The quantitative estimate of drug-likeness (QED) is 0.219. The first-order chi connectivity index (χ1) is 11.5. The summed E-state index contributed by atoms with van der Waals surface area (Å²) in [5.41, 5.74) is 0. The van der Waals surface area contributed by atoms with Gasteiger partial charge in [0.15, 0.2) is 5.96 Å². The predicted octanol–water partition coefficient (Wildman–Crippen LogP) is 3.46. The molecule has 7 heteroatoms. The SMILES string of the molecule is CSCCNC(=NCCN(C(C)C)C(C)C)NCCc1ccco1.I. The van der Waals surface area contributed by atoms with Crippen LogP contribution in [0.1, 0.15) is 33.5 Å². The van der Waals surface area contributed by atoms with Crippen molar-refractivity contribution < 1.29 is 4.42 Å². The number of nitrogens with one attached hydrogen (secondary N) is 2. The van der Waals surface area contributed by atoms with Crippen LogP contribution in [0.25, 0.3) is 0 Å². The second kappa shape index (κ2) is 14.7. The molecule has 0 aliphatic heterocycles. The molecule has 5 nitrogen and oxygen atoms in total. The molecule has 0 unspecified atom stereocenters. The predicted molar refractivity (Wildman–Crippen MR) is 121 cm³/mol. The summed E-state index contributed by atoms with van der Waals surface area (Å²) in [6.07, 6.45) is 4.69. The maximum Gasteiger partial charge on any atom is 0.191 e. The van der Waals surface area contributed by atoms with Gasteiger partial charge in [0, 0.05) is 43.9 Å². The molecule has 0 amide bonds. The van der Waals surface area contributed by atoms with Crippen molar-refractivity contribution in [3.05, 3.63) is 24.2 Å². The maximum absolute atomic E-state index is 5.37. The van der Waals surface area contributed by atoms with Crippen molar-refractivity contribution in [1.82, 2.24) is 15.5 Å². The zero-order valence-corrected chi connectivity index (χ0v) is 19.4. The van der Waals surface area contributed by atoms with Gasteiger partial charge in [0.2, 0.25) is 0 Å². The third-order valence-corrected chi connectivity index (χ3v) is 4.41. The Hall–Kier alpha value is -0.410. The third-order valence-electron chi connectivity index (χ3n) is 3.80. The summed E-state index contributed by atoms with van der Waals surface area (Å²) in [6.45, 7) is 12.5. The standard InChI is InChI=1S/C18H34N4OS.HI/c1-15(2)22(16(3)4)12-10-20-18(21-11-14-24-5)19-9-8-17-7-6-13-23-17;/h6-7,13,15-16H,8-12,14H2,1-5H3,(H2,19,20,21);1H. The van der Waals surface area contributed by atoms with Crippen LogP contribution in [0.5, 0.6) is 0 Å². The second-order valence-electron chi connectivity index (χ2n) is 6.33. The highest BCUT2D eigenvalue weighted by molar-refractivity contribution is 14.0. The van der Waals surface area contributed by atoms with Crippen LogP contribution in [0.2, 0.25) is 0 Å². The first kappa shape index (κ1) is 24.6. The second-order valence-corrected chi connectivity index (χ2v) is 7.32. The van der Waals surface area contributed by atoms with E-state index in [-0.39, 0.29) is 24.0 Å². The molecular formula is C18H35IN4OS. The topological polar surface area (TPSA) is 52.8 Å². The lowest BCUT2D eigenvalue weighted by Gasteiger charge is -2.29. The Kier molecular flexibility index (Phi) is 14.5. The molecule has 0 radical (unpaired) electrons. The smallest absolute Gasteiger partial charge is 0.191 e. The summed E-state index contributed by atoms with van der Waals surface area (Å²) >= 11 is 1.83. The van der Waals surface area contributed by atoms with Gasteiger partial charge in [0.05, 0.1) is 12.8 Å². The molecular weight excluding hydrogens is 447 g/mol. The molecule has 1 heterocycles. The van der Waals surface area contributed by atoms with Crippen molar-refractivity contribution in [3.8, 4) is 0 Å². The van der Waals surface area contributed by atoms with E-state index in [2.05, 4.69) is 49.5 Å². The molecule has 1 aromatic heterocycles. The van der Waals surface area contributed by atoms with E-state index >= 15 is 0 Å². The number of hydrogen-bond acceptors (Lipinski definition) is 4. The fourth-order valence-electron chi connectivity index (χ4n) is 2.59. The largest absolute Gasteiger partial charge is 0.469 e. The van der Waals surface area contributed by atoms with Crippen molar-refractivity contribution >= 4 is 41.7 Å². The number of furan rings is 1. The molecule has 0 saturated carbocycles. The lowest BCUT2D eigenvalue weighted by Crippen LogP contribution is -2.41. The summed E-state index contributed by atoms with van der Waals surface area (Å²) < 4.78 is 5.37. The van der Waals surface area contributed by atoms with Gasteiger partial charge in [0.25, 0.3) is 0 Å². The minimum atomic E-state index is 0. The third kappa shape index (κ3) is 11.0. The van der Waals surface area contributed by atoms with Gasteiger partial charge in [-0.2, -0.15) is 11.8 Å². The molecule has 0 aliphatic carbocycles. The van der Waals surface area contributed by atoms with Gasteiger partial charge in [-0.1, -0.05) is 0 Å². The van der Waals surface area contributed by atoms with E-state index in [9.17, 15) is 0 Å². The Balaban J connectivity index is 0.00000576. The summed E-state index contributed by atoms with van der Waals surface area (Å²) in [7, 11) is 0. The van der Waals surface area contributed by atoms with E-state index in [1.165, 1.54) is 0 Å². The normalized spacial score (nSPS) is 11.9. The lowest BCUT2D eigenvalue weighted by molar-refractivity contribution is 0.181. The van der Waals surface area contributed by atoms with Crippen molar-refractivity contribution in [2.75, 3.05) is 38.2 Å². The molecule has 0 fully saturated rings. The van der Waals surface area contributed by atoms with Crippen molar-refractivity contribution in [3.63, 3.8) is 0 Å². The number of aliphatic imine (C=N–C) groups is 1. The first-order valence-electron chi connectivity index (χ1n) is 8.83. The van der Waals surface area contributed by atoms with Crippen molar-refractivity contribution in [2.45, 2.75) is 46.2 Å². The molecule has 0 saturated heterocycles. The van der Waals surface area contributed by atoms with E-state index in [1.807, 2.05) is 23.9 Å². The summed E-state index contributed by atoms with van der Waals surface area (Å²) in [6, 6.07) is 5.01. The highest BCUT2D eigenvalue weighted by Crippen LogP contribution is 2.04. The zero-order chi connectivity index (χ0) is 17.8. The minimum Gasteiger partial charge on any atom is -0.469 e. The van der Waals surface area contributed by atoms with Crippen LogP contribution in [0.15, 0.2) is 27.8 Å². The van der Waals surface area contributed by atoms with Crippen LogP contribution in [0, 0.1) is 0 Å². The van der Waals surface area contributed by atoms with Crippen molar-refractivity contribution in [1.29, 1.82) is 0 Å². The van der Waals surface area contributed by atoms with Crippen LogP contribution in [0.4, 0.5) is 0 Å². The Morgan fingerprint density at radius 1 is 1.20 bits per heavy atom. The number of halogens is 1. The van der Waals surface area contributed by atoms with Crippen molar-refractivity contribution in [2.24, 2.45) is 4.99 Å². The molecule has 1 rings (SSSR count). The van der Waals surface area contributed by atoms with E-state index in [0.29, 0.717) is 12.1 Å². The molecule has 0 bridgehead atoms. The Morgan fingerprint density at radius 2 is 1.88 bits per heavy atom. The number of thioether (sulfide) groups is 1. The number of guanidine groups is 1. The average molecular weight is 482 g/mol. The molecule has 25 heavy (non-hydrogen) atoms. The fourth-order valence-corrected chi connectivity index (χ4v) is 2.90. The molecule has 1 aromatic rings. The van der Waals surface area contributed by atoms with Crippen LogP contribution < -0.4 is 10.6 Å². The van der Waals surface area contributed by atoms with Gasteiger partial charge in [0.1, 0.15) is 5.76 Å². The van der Waals surface area contributed by atoms with E-state index in [4.69, 9.17) is 9.41 Å². The lowest BCUT2D eigenvalue weighted by atomic mass is 10.2. The van der Waals surface area contributed by atoms with Crippen LogP contribution >= 0.6 is 35.7 Å². The fraction of sp³-hybridized carbons (Fsp3) is 0.722. The molecule has 0 atom stereocenters. The Labute approximate surface area is 174 Å².